The molecule has 152 valence electrons. The Morgan fingerprint density at radius 3 is 2.76 bits per heavy atom. The fourth-order valence-electron chi connectivity index (χ4n) is 4.14. The van der Waals surface area contributed by atoms with Crippen molar-refractivity contribution >= 4 is 11.8 Å². The van der Waals surface area contributed by atoms with Gasteiger partial charge in [-0.15, -0.1) is 0 Å². The van der Waals surface area contributed by atoms with Gasteiger partial charge >= 0.3 is 0 Å². The minimum absolute atomic E-state index is 0.0435. The molecular formula is C22H27N5O2. The number of aromatic nitrogens is 2. The molecule has 7 heteroatoms. The number of rotatable bonds is 5. The summed E-state index contributed by atoms with van der Waals surface area (Å²) < 4.78 is 0. The summed E-state index contributed by atoms with van der Waals surface area (Å²) in [6.07, 6.45) is 6.67. The average Bonchev–Trinajstić information content (AvgIpc) is 2.96. The molecule has 7 nitrogen and oxygen atoms in total. The molecule has 0 spiro atoms. The van der Waals surface area contributed by atoms with Crippen LogP contribution in [-0.2, 0) is 22.7 Å². The second-order valence-electron chi connectivity index (χ2n) is 7.81. The maximum absolute atomic E-state index is 13.1. The summed E-state index contributed by atoms with van der Waals surface area (Å²) in [7, 11) is 0. The van der Waals surface area contributed by atoms with Gasteiger partial charge in [-0.1, -0.05) is 12.1 Å². The maximum Gasteiger partial charge on any atom is 0.228 e. The van der Waals surface area contributed by atoms with Crippen LogP contribution in [-0.4, -0.2) is 69.2 Å². The van der Waals surface area contributed by atoms with Crippen molar-refractivity contribution in [2.75, 3.05) is 32.7 Å². The van der Waals surface area contributed by atoms with Crippen LogP contribution in [0.1, 0.15) is 24.1 Å². The van der Waals surface area contributed by atoms with Crippen molar-refractivity contribution in [2.45, 2.75) is 25.9 Å². The monoisotopic (exact) mass is 393 g/mol. The minimum Gasteiger partial charge on any atom is -0.341 e. The molecule has 2 fully saturated rings. The average molecular weight is 393 g/mol. The molecule has 0 aromatic carbocycles. The third-order valence-corrected chi connectivity index (χ3v) is 5.67. The Balaban J connectivity index is 1.31. The molecule has 2 amide bonds. The Bertz CT molecular complexity index is 830. The van der Waals surface area contributed by atoms with Crippen molar-refractivity contribution < 1.29 is 9.59 Å². The van der Waals surface area contributed by atoms with Gasteiger partial charge in [0, 0.05) is 64.3 Å². The topological polar surface area (TPSA) is 69.6 Å². The van der Waals surface area contributed by atoms with Crippen LogP contribution in [0.3, 0.4) is 0 Å². The van der Waals surface area contributed by atoms with Crippen molar-refractivity contribution in [1.82, 2.24) is 24.7 Å². The van der Waals surface area contributed by atoms with E-state index in [2.05, 4.69) is 20.9 Å². The van der Waals surface area contributed by atoms with Crippen LogP contribution in [0.2, 0.25) is 0 Å². The van der Waals surface area contributed by atoms with E-state index in [0.717, 1.165) is 38.3 Å². The van der Waals surface area contributed by atoms with Gasteiger partial charge in [-0.3, -0.25) is 24.5 Å². The van der Waals surface area contributed by atoms with Crippen molar-refractivity contribution in [3.05, 3.63) is 60.2 Å². The van der Waals surface area contributed by atoms with E-state index in [1.165, 1.54) is 5.56 Å². The van der Waals surface area contributed by atoms with Crippen molar-refractivity contribution in [1.29, 1.82) is 0 Å². The normalized spacial score (nSPS) is 20.7. The second-order valence-corrected chi connectivity index (χ2v) is 7.81. The Labute approximate surface area is 171 Å². The SMILES string of the molecule is O=C1CC(C(=O)N2CCCN(Cc3cccnc3)CC2)CN1Cc1ccccn1. The van der Waals surface area contributed by atoms with E-state index >= 15 is 0 Å². The molecule has 2 aliphatic heterocycles. The summed E-state index contributed by atoms with van der Waals surface area (Å²) in [6, 6.07) is 9.73. The van der Waals surface area contributed by atoms with Gasteiger partial charge in [0.05, 0.1) is 18.2 Å². The molecule has 2 saturated heterocycles. The highest BCUT2D eigenvalue weighted by Crippen LogP contribution is 2.22. The fraction of sp³-hybridized carbons (Fsp3) is 0.455. The number of hydrogen-bond acceptors (Lipinski definition) is 5. The predicted molar refractivity (Wildman–Crippen MR) is 108 cm³/mol. The van der Waals surface area contributed by atoms with Gasteiger partial charge in [-0.25, -0.2) is 0 Å². The van der Waals surface area contributed by atoms with Gasteiger partial charge in [-0.2, -0.15) is 0 Å². The van der Waals surface area contributed by atoms with Crippen LogP contribution >= 0.6 is 0 Å². The smallest absolute Gasteiger partial charge is 0.228 e. The molecule has 0 saturated carbocycles. The van der Waals surface area contributed by atoms with E-state index in [9.17, 15) is 9.59 Å². The number of carbonyl (C=O) groups excluding carboxylic acids is 2. The molecule has 29 heavy (non-hydrogen) atoms. The first-order valence-corrected chi connectivity index (χ1v) is 10.3. The van der Waals surface area contributed by atoms with Gasteiger partial charge in [0.15, 0.2) is 0 Å². The van der Waals surface area contributed by atoms with Crippen LogP contribution < -0.4 is 0 Å². The number of nitrogens with zero attached hydrogens (tertiary/aromatic N) is 5. The molecule has 0 radical (unpaired) electrons. The zero-order valence-electron chi connectivity index (χ0n) is 16.6. The molecule has 0 N–H and O–H groups in total. The lowest BCUT2D eigenvalue weighted by Crippen LogP contribution is -2.39. The Hall–Kier alpha value is -2.80. The maximum atomic E-state index is 13.1. The Morgan fingerprint density at radius 1 is 1.03 bits per heavy atom. The summed E-state index contributed by atoms with van der Waals surface area (Å²) in [6.45, 7) is 5.10. The highest BCUT2D eigenvalue weighted by Gasteiger charge is 2.36. The lowest BCUT2D eigenvalue weighted by molar-refractivity contribution is -0.135. The fourth-order valence-corrected chi connectivity index (χ4v) is 4.14. The third-order valence-electron chi connectivity index (χ3n) is 5.67. The number of hydrogen-bond donors (Lipinski definition) is 0. The highest BCUT2D eigenvalue weighted by molar-refractivity contribution is 5.89. The zero-order valence-corrected chi connectivity index (χ0v) is 16.6. The summed E-state index contributed by atoms with van der Waals surface area (Å²) in [5, 5.41) is 0. The van der Waals surface area contributed by atoms with E-state index < -0.39 is 0 Å². The van der Waals surface area contributed by atoms with Gasteiger partial charge in [0.2, 0.25) is 11.8 Å². The van der Waals surface area contributed by atoms with Gasteiger partial charge < -0.3 is 9.80 Å². The van der Waals surface area contributed by atoms with Crippen molar-refractivity contribution in [2.24, 2.45) is 5.92 Å². The van der Waals surface area contributed by atoms with Gasteiger partial charge in [0.25, 0.3) is 0 Å². The van der Waals surface area contributed by atoms with Crippen LogP contribution in [0.5, 0.6) is 0 Å². The zero-order chi connectivity index (χ0) is 20.1. The molecule has 1 atom stereocenters. The molecule has 2 aromatic heterocycles. The number of amides is 2. The van der Waals surface area contributed by atoms with E-state index in [1.54, 1.807) is 17.3 Å². The first-order chi connectivity index (χ1) is 14.2. The minimum atomic E-state index is -0.240. The van der Waals surface area contributed by atoms with Crippen LogP contribution in [0, 0.1) is 5.92 Å². The summed E-state index contributed by atoms with van der Waals surface area (Å²) in [4.78, 5) is 40.0. The lowest BCUT2D eigenvalue weighted by Gasteiger charge is -2.24. The van der Waals surface area contributed by atoms with E-state index in [-0.39, 0.29) is 17.7 Å². The molecule has 4 rings (SSSR count). The first-order valence-electron chi connectivity index (χ1n) is 10.3. The largest absolute Gasteiger partial charge is 0.341 e. The summed E-state index contributed by atoms with van der Waals surface area (Å²) in [5.41, 5.74) is 2.05. The second kappa shape index (κ2) is 9.13. The van der Waals surface area contributed by atoms with Gasteiger partial charge in [-0.05, 0) is 30.2 Å². The standard InChI is InChI=1S/C22H27N5O2/c28-21-13-19(16-27(21)17-20-6-1-2-8-24-20)22(29)26-10-4-9-25(11-12-26)15-18-5-3-7-23-14-18/h1-3,5-8,14,19H,4,9-13,15-17H2. The number of pyridine rings is 2. The molecule has 1 unspecified atom stereocenters. The Morgan fingerprint density at radius 2 is 1.97 bits per heavy atom. The summed E-state index contributed by atoms with van der Waals surface area (Å²) >= 11 is 0. The van der Waals surface area contributed by atoms with E-state index in [0.29, 0.717) is 26.1 Å². The number of carbonyl (C=O) groups is 2. The molecule has 4 heterocycles. The molecule has 2 aliphatic rings. The highest BCUT2D eigenvalue weighted by atomic mass is 16.2. The summed E-state index contributed by atoms with van der Waals surface area (Å²) in [5.74, 6) is -0.0804. The first kappa shape index (κ1) is 19.5. The number of likely N-dealkylation sites (tertiary alicyclic amines) is 1. The predicted octanol–water partition coefficient (Wildman–Crippen LogP) is 1.56. The van der Waals surface area contributed by atoms with E-state index in [1.807, 2.05) is 35.4 Å². The Kier molecular flexibility index (Phi) is 6.14. The van der Waals surface area contributed by atoms with Crippen molar-refractivity contribution in [3.8, 4) is 0 Å². The molecule has 2 aromatic rings. The molecule has 0 bridgehead atoms. The van der Waals surface area contributed by atoms with Gasteiger partial charge in [0.1, 0.15) is 0 Å². The van der Waals surface area contributed by atoms with E-state index in [4.69, 9.17) is 0 Å². The van der Waals surface area contributed by atoms with Crippen molar-refractivity contribution in [3.63, 3.8) is 0 Å². The van der Waals surface area contributed by atoms with Crippen LogP contribution in [0.15, 0.2) is 48.9 Å². The lowest BCUT2D eigenvalue weighted by atomic mass is 10.1. The van der Waals surface area contributed by atoms with Crippen LogP contribution in [0.25, 0.3) is 0 Å². The quantitative estimate of drug-likeness (QED) is 0.771. The third kappa shape index (κ3) is 4.98. The molecule has 0 aliphatic carbocycles. The molecular weight excluding hydrogens is 366 g/mol. The van der Waals surface area contributed by atoms with Crippen LogP contribution in [0.4, 0.5) is 0 Å².